The molecule has 2 nitrogen and oxygen atoms in total. The van der Waals surface area contributed by atoms with E-state index in [0.29, 0.717) is 11.6 Å². The van der Waals surface area contributed by atoms with Gasteiger partial charge in [-0.25, -0.2) is 0 Å². The minimum Gasteiger partial charge on any atom is -0.492 e. The third-order valence-electron chi connectivity index (χ3n) is 7.27. The average molecular weight is 368 g/mol. The summed E-state index contributed by atoms with van der Waals surface area (Å²) in [5.41, 5.74) is 2.16. The Morgan fingerprint density at radius 1 is 1.04 bits per heavy atom. The molecule has 0 amide bonds. The Balaban J connectivity index is 1.48. The quantitative estimate of drug-likeness (QED) is 0.383. The van der Waals surface area contributed by atoms with Crippen LogP contribution in [0.2, 0.25) is 0 Å². The zero-order valence-electron chi connectivity index (χ0n) is 17.2. The Morgan fingerprint density at radius 3 is 2.78 bits per heavy atom. The van der Waals surface area contributed by atoms with Crippen LogP contribution in [0.1, 0.15) is 84.0 Å². The molecule has 0 unspecified atom stereocenters. The molecule has 1 spiro atoms. The molecule has 0 bridgehead atoms. The maximum atomic E-state index is 6.25. The molecule has 1 saturated carbocycles. The van der Waals surface area contributed by atoms with E-state index in [1.165, 1.54) is 77.0 Å². The lowest BCUT2D eigenvalue weighted by atomic mass is 9.72. The Hall–Kier alpha value is -1.28. The second-order valence-electron chi connectivity index (χ2n) is 8.93. The molecule has 2 heteroatoms. The van der Waals surface area contributed by atoms with Crippen molar-refractivity contribution in [1.29, 1.82) is 0 Å². The Bertz CT molecular complexity index is 624. The zero-order chi connectivity index (χ0) is 18.5. The van der Waals surface area contributed by atoms with Crippen molar-refractivity contribution in [3.63, 3.8) is 0 Å². The van der Waals surface area contributed by atoms with E-state index in [2.05, 4.69) is 48.2 Å². The Labute approximate surface area is 166 Å². The van der Waals surface area contributed by atoms with Gasteiger partial charge in [0.2, 0.25) is 0 Å². The van der Waals surface area contributed by atoms with Gasteiger partial charge >= 0.3 is 0 Å². The van der Waals surface area contributed by atoms with E-state index in [-0.39, 0.29) is 0 Å². The highest BCUT2D eigenvalue weighted by Gasteiger charge is 2.53. The lowest BCUT2D eigenvalue weighted by Crippen LogP contribution is -2.57. The molecule has 0 N–H and O–H groups in total. The van der Waals surface area contributed by atoms with E-state index in [1.54, 1.807) is 5.57 Å². The van der Waals surface area contributed by atoms with Gasteiger partial charge in [0, 0.05) is 17.6 Å². The van der Waals surface area contributed by atoms with Gasteiger partial charge in [-0.2, -0.15) is 0 Å². The maximum absolute atomic E-state index is 6.25. The summed E-state index contributed by atoms with van der Waals surface area (Å²) in [5.74, 6) is 1.02. The summed E-state index contributed by atoms with van der Waals surface area (Å²) in [7, 11) is 0. The van der Waals surface area contributed by atoms with Crippen molar-refractivity contribution >= 4 is 0 Å². The number of hydrogen-bond donors (Lipinski definition) is 0. The van der Waals surface area contributed by atoms with Crippen LogP contribution in [-0.2, 0) is 0 Å². The SMILES string of the molecule is CCCCCC[C@@H]1CC=C2CCCC[C@@]23CC[C@H](COc2ccccc2)N13. The molecular weight excluding hydrogens is 330 g/mol. The normalized spacial score (nSPS) is 30.5. The van der Waals surface area contributed by atoms with Gasteiger partial charge in [0.25, 0.3) is 0 Å². The van der Waals surface area contributed by atoms with Crippen LogP contribution < -0.4 is 4.74 Å². The van der Waals surface area contributed by atoms with Crippen molar-refractivity contribution in [1.82, 2.24) is 4.90 Å². The van der Waals surface area contributed by atoms with Crippen molar-refractivity contribution in [2.24, 2.45) is 0 Å². The fourth-order valence-corrected chi connectivity index (χ4v) is 6.00. The number of rotatable bonds is 8. The predicted molar refractivity (Wildman–Crippen MR) is 113 cm³/mol. The van der Waals surface area contributed by atoms with Gasteiger partial charge in [-0.15, -0.1) is 0 Å². The van der Waals surface area contributed by atoms with E-state index in [0.717, 1.165) is 18.4 Å². The van der Waals surface area contributed by atoms with Gasteiger partial charge < -0.3 is 4.74 Å². The minimum absolute atomic E-state index is 0.386. The first-order valence-corrected chi connectivity index (χ1v) is 11.5. The monoisotopic (exact) mass is 367 g/mol. The summed E-state index contributed by atoms with van der Waals surface area (Å²) >= 11 is 0. The van der Waals surface area contributed by atoms with Gasteiger partial charge in [-0.3, -0.25) is 4.90 Å². The Morgan fingerprint density at radius 2 is 1.93 bits per heavy atom. The molecule has 148 valence electrons. The van der Waals surface area contributed by atoms with E-state index >= 15 is 0 Å². The van der Waals surface area contributed by atoms with Crippen LogP contribution in [0.4, 0.5) is 0 Å². The lowest BCUT2D eigenvalue weighted by Gasteiger charge is -2.52. The highest BCUT2D eigenvalue weighted by atomic mass is 16.5. The molecule has 0 aromatic heterocycles. The smallest absolute Gasteiger partial charge is 0.119 e. The van der Waals surface area contributed by atoms with Crippen molar-refractivity contribution in [3.8, 4) is 5.75 Å². The molecule has 2 fully saturated rings. The molecule has 1 aromatic rings. The molecule has 3 aliphatic rings. The van der Waals surface area contributed by atoms with E-state index < -0.39 is 0 Å². The minimum atomic E-state index is 0.386. The first-order chi connectivity index (χ1) is 13.3. The van der Waals surface area contributed by atoms with Gasteiger partial charge in [0.1, 0.15) is 12.4 Å². The van der Waals surface area contributed by atoms with Crippen LogP contribution in [0.25, 0.3) is 0 Å². The predicted octanol–water partition coefficient (Wildman–Crippen LogP) is 6.51. The number of nitrogens with zero attached hydrogens (tertiary/aromatic N) is 1. The number of ether oxygens (including phenoxy) is 1. The topological polar surface area (TPSA) is 12.5 Å². The largest absolute Gasteiger partial charge is 0.492 e. The Kier molecular flexibility index (Phi) is 6.22. The first-order valence-electron chi connectivity index (χ1n) is 11.5. The van der Waals surface area contributed by atoms with Crippen molar-refractivity contribution in [2.45, 2.75) is 102 Å². The summed E-state index contributed by atoms with van der Waals surface area (Å²) in [5, 5.41) is 0. The lowest BCUT2D eigenvalue weighted by molar-refractivity contribution is 0.0234. The van der Waals surface area contributed by atoms with E-state index in [4.69, 9.17) is 4.74 Å². The average Bonchev–Trinajstić information content (AvgIpc) is 3.09. The van der Waals surface area contributed by atoms with Crippen molar-refractivity contribution in [2.75, 3.05) is 6.61 Å². The fraction of sp³-hybridized carbons (Fsp3) is 0.680. The molecule has 2 aliphatic heterocycles. The third-order valence-corrected chi connectivity index (χ3v) is 7.27. The number of para-hydroxylation sites is 1. The summed E-state index contributed by atoms with van der Waals surface area (Å²) < 4.78 is 6.25. The number of benzene rings is 1. The summed E-state index contributed by atoms with van der Waals surface area (Å²) in [6.07, 6.45) is 19.0. The highest BCUT2D eigenvalue weighted by molar-refractivity contribution is 5.30. The standard InChI is InChI=1S/C25H37NO/c1-2-3-4-6-12-22-16-15-21-11-9-10-18-25(21)19-17-23(26(22)25)20-27-24-13-7-5-8-14-24/h5,7-8,13-15,22-23H,2-4,6,9-12,16-20H2,1H3/t22-,23-,25-/m1/s1. The van der Waals surface area contributed by atoms with Gasteiger partial charge in [0.15, 0.2) is 0 Å². The molecular formula is C25H37NO. The number of hydrogen-bond acceptors (Lipinski definition) is 2. The van der Waals surface area contributed by atoms with Gasteiger partial charge in [-0.05, 0) is 57.1 Å². The first kappa shape index (κ1) is 19.1. The summed E-state index contributed by atoms with van der Waals surface area (Å²) in [4.78, 5) is 2.97. The third kappa shape index (κ3) is 3.97. The fourth-order valence-electron chi connectivity index (χ4n) is 6.00. The van der Waals surface area contributed by atoms with Crippen LogP contribution in [-0.4, -0.2) is 29.1 Å². The molecule has 1 aliphatic carbocycles. The van der Waals surface area contributed by atoms with Crippen LogP contribution in [0.15, 0.2) is 42.0 Å². The molecule has 1 aromatic carbocycles. The molecule has 3 atom stereocenters. The molecule has 4 rings (SSSR count). The molecule has 27 heavy (non-hydrogen) atoms. The maximum Gasteiger partial charge on any atom is 0.119 e. The second-order valence-corrected chi connectivity index (χ2v) is 8.93. The van der Waals surface area contributed by atoms with Crippen molar-refractivity contribution in [3.05, 3.63) is 42.0 Å². The summed E-state index contributed by atoms with van der Waals surface area (Å²) in [6, 6.07) is 11.7. The summed E-state index contributed by atoms with van der Waals surface area (Å²) in [6.45, 7) is 3.16. The van der Waals surface area contributed by atoms with Crippen LogP contribution in [0.5, 0.6) is 5.75 Å². The molecule has 2 heterocycles. The van der Waals surface area contributed by atoms with Crippen LogP contribution >= 0.6 is 0 Å². The van der Waals surface area contributed by atoms with Gasteiger partial charge in [0.05, 0.1) is 0 Å². The van der Waals surface area contributed by atoms with E-state index in [1.807, 2.05) is 0 Å². The second kappa shape index (κ2) is 8.82. The van der Waals surface area contributed by atoms with Crippen molar-refractivity contribution < 1.29 is 4.74 Å². The van der Waals surface area contributed by atoms with Crippen LogP contribution in [0.3, 0.4) is 0 Å². The van der Waals surface area contributed by atoms with E-state index in [9.17, 15) is 0 Å². The van der Waals surface area contributed by atoms with Gasteiger partial charge in [-0.1, -0.05) is 68.9 Å². The molecule has 0 radical (unpaired) electrons. The number of unbranched alkanes of at least 4 members (excludes halogenated alkanes) is 3. The molecule has 1 saturated heterocycles. The van der Waals surface area contributed by atoms with Crippen LogP contribution in [0, 0.1) is 0 Å². The highest BCUT2D eigenvalue weighted by Crippen LogP contribution is 2.52. The zero-order valence-corrected chi connectivity index (χ0v) is 17.2.